The number of aryl methyl sites for hydroxylation is 1. The Bertz CT molecular complexity index is 615. The first-order chi connectivity index (χ1) is 11.1. The second-order valence-electron chi connectivity index (χ2n) is 5.78. The molecule has 0 bridgehead atoms. The van der Waals surface area contributed by atoms with Crippen molar-refractivity contribution in [1.29, 1.82) is 0 Å². The molecular formula is C19H29BrCl2N2O. The van der Waals surface area contributed by atoms with Crippen LogP contribution in [0, 0.1) is 6.92 Å². The smallest absolute Gasteiger partial charge is 0.134 e. The summed E-state index contributed by atoms with van der Waals surface area (Å²) in [5.41, 5.74) is 2.37. The van der Waals surface area contributed by atoms with Gasteiger partial charge in [-0.3, -0.25) is 0 Å². The standard InChI is InChI=1S/C19H27BrN2O.2ClH/c1-4-22(5-2)12-6-11-21-14-17-8-10-19(23-17)18-9-7-16(20)13-15(18)3;;/h7-10,13,21H,4-6,11-12,14H2,1-3H3;2*1H. The maximum atomic E-state index is 5.97. The first kappa shape index (κ1) is 24.5. The van der Waals surface area contributed by atoms with Gasteiger partial charge in [-0.05, 0) is 75.4 Å². The summed E-state index contributed by atoms with van der Waals surface area (Å²) >= 11 is 3.50. The molecule has 1 aromatic carbocycles. The third-order valence-electron chi connectivity index (χ3n) is 4.14. The molecule has 1 N–H and O–H groups in total. The van der Waals surface area contributed by atoms with Crippen LogP contribution in [0.25, 0.3) is 11.3 Å². The summed E-state index contributed by atoms with van der Waals surface area (Å²) in [7, 11) is 0. The van der Waals surface area contributed by atoms with Crippen LogP contribution in [0.4, 0.5) is 0 Å². The van der Waals surface area contributed by atoms with Crippen LogP contribution in [0.2, 0.25) is 0 Å². The van der Waals surface area contributed by atoms with Crippen molar-refractivity contribution >= 4 is 40.7 Å². The average Bonchev–Trinajstić information content (AvgIpc) is 2.99. The van der Waals surface area contributed by atoms with Gasteiger partial charge in [0, 0.05) is 10.0 Å². The van der Waals surface area contributed by atoms with Gasteiger partial charge >= 0.3 is 0 Å². The van der Waals surface area contributed by atoms with Gasteiger partial charge in [-0.15, -0.1) is 24.8 Å². The van der Waals surface area contributed by atoms with E-state index < -0.39 is 0 Å². The molecule has 0 saturated carbocycles. The van der Waals surface area contributed by atoms with E-state index in [1.54, 1.807) is 0 Å². The predicted octanol–water partition coefficient (Wildman–Crippen LogP) is 5.68. The molecule has 6 heteroatoms. The molecule has 25 heavy (non-hydrogen) atoms. The van der Waals surface area contributed by atoms with E-state index in [-0.39, 0.29) is 24.8 Å². The topological polar surface area (TPSA) is 28.4 Å². The summed E-state index contributed by atoms with van der Waals surface area (Å²) in [4.78, 5) is 2.45. The Morgan fingerprint density at radius 2 is 1.80 bits per heavy atom. The Balaban J connectivity index is 0.00000288. The minimum Gasteiger partial charge on any atom is -0.460 e. The summed E-state index contributed by atoms with van der Waals surface area (Å²) in [6.45, 7) is 11.7. The van der Waals surface area contributed by atoms with Gasteiger partial charge in [0.1, 0.15) is 11.5 Å². The molecule has 2 rings (SSSR count). The number of furan rings is 1. The van der Waals surface area contributed by atoms with Crippen LogP contribution in [-0.2, 0) is 6.54 Å². The van der Waals surface area contributed by atoms with Crippen LogP contribution in [0.3, 0.4) is 0 Å². The number of benzene rings is 1. The highest BCUT2D eigenvalue weighted by Gasteiger charge is 2.08. The van der Waals surface area contributed by atoms with Crippen molar-refractivity contribution < 1.29 is 4.42 Å². The molecule has 0 atom stereocenters. The fourth-order valence-electron chi connectivity index (χ4n) is 2.70. The molecule has 0 aliphatic rings. The highest BCUT2D eigenvalue weighted by molar-refractivity contribution is 9.10. The van der Waals surface area contributed by atoms with E-state index in [1.807, 2.05) is 0 Å². The highest BCUT2D eigenvalue weighted by Crippen LogP contribution is 2.27. The number of halogens is 3. The fourth-order valence-corrected chi connectivity index (χ4v) is 3.18. The van der Waals surface area contributed by atoms with Crippen molar-refractivity contribution in [1.82, 2.24) is 10.2 Å². The van der Waals surface area contributed by atoms with E-state index in [2.05, 4.69) is 77.2 Å². The molecule has 0 radical (unpaired) electrons. The minimum atomic E-state index is 0. The van der Waals surface area contributed by atoms with Crippen molar-refractivity contribution in [3.63, 3.8) is 0 Å². The van der Waals surface area contributed by atoms with Crippen molar-refractivity contribution in [2.45, 2.75) is 33.7 Å². The number of nitrogens with one attached hydrogen (secondary N) is 1. The lowest BCUT2D eigenvalue weighted by Gasteiger charge is -2.17. The van der Waals surface area contributed by atoms with Gasteiger partial charge in [-0.25, -0.2) is 0 Å². The zero-order chi connectivity index (χ0) is 16.7. The van der Waals surface area contributed by atoms with Crippen molar-refractivity contribution in [3.05, 3.63) is 46.1 Å². The monoisotopic (exact) mass is 450 g/mol. The van der Waals surface area contributed by atoms with Crippen LogP contribution in [0.5, 0.6) is 0 Å². The minimum absolute atomic E-state index is 0. The van der Waals surface area contributed by atoms with E-state index in [1.165, 1.54) is 12.0 Å². The Morgan fingerprint density at radius 3 is 2.44 bits per heavy atom. The molecule has 142 valence electrons. The molecule has 0 fully saturated rings. The molecule has 1 aromatic heterocycles. The Kier molecular flexibility index (Phi) is 12.5. The Labute approximate surface area is 172 Å². The van der Waals surface area contributed by atoms with Gasteiger partial charge in [-0.2, -0.15) is 0 Å². The largest absolute Gasteiger partial charge is 0.460 e. The lowest BCUT2D eigenvalue weighted by molar-refractivity contribution is 0.297. The fraction of sp³-hybridized carbons (Fsp3) is 0.474. The Morgan fingerprint density at radius 1 is 1.08 bits per heavy atom. The molecule has 0 spiro atoms. The zero-order valence-electron chi connectivity index (χ0n) is 15.2. The molecule has 3 nitrogen and oxygen atoms in total. The van der Waals surface area contributed by atoms with Gasteiger partial charge in [0.25, 0.3) is 0 Å². The van der Waals surface area contributed by atoms with Crippen LogP contribution in [-0.4, -0.2) is 31.1 Å². The second kappa shape index (κ2) is 12.8. The van der Waals surface area contributed by atoms with E-state index in [4.69, 9.17) is 4.42 Å². The summed E-state index contributed by atoms with van der Waals surface area (Å²) in [5.74, 6) is 1.93. The van der Waals surface area contributed by atoms with E-state index in [0.717, 1.165) is 54.3 Å². The van der Waals surface area contributed by atoms with E-state index >= 15 is 0 Å². The van der Waals surface area contributed by atoms with Gasteiger partial charge in [0.15, 0.2) is 0 Å². The summed E-state index contributed by atoms with van der Waals surface area (Å²) in [5, 5.41) is 3.47. The lowest BCUT2D eigenvalue weighted by Crippen LogP contribution is -2.27. The van der Waals surface area contributed by atoms with Crippen molar-refractivity contribution in [2.75, 3.05) is 26.2 Å². The average molecular weight is 452 g/mol. The molecule has 0 aliphatic carbocycles. The van der Waals surface area contributed by atoms with Gasteiger partial charge in [0.2, 0.25) is 0 Å². The molecule has 1 heterocycles. The van der Waals surface area contributed by atoms with Crippen molar-refractivity contribution in [2.24, 2.45) is 0 Å². The first-order valence-corrected chi connectivity index (χ1v) is 9.21. The van der Waals surface area contributed by atoms with Crippen LogP contribution >= 0.6 is 40.7 Å². The predicted molar refractivity (Wildman–Crippen MR) is 115 cm³/mol. The number of hydrogen-bond donors (Lipinski definition) is 1. The maximum absolute atomic E-state index is 5.97. The second-order valence-corrected chi connectivity index (χ2v) is 6.70. The quantitative estimate of drug-likeness (QED) is 0.497. The zero-order valence-corrected chi connectivity index (χ0v) is 18.4. The number of nitrogens with zero attached hydrogens (tertiary/aromatic N) is 1. The summed E-state index contributed by atoms with van der Waals surface area (Å²) in [6.07, 6.45) is 1.17. The van der Waals surface area contributed by atoms with Crippen molar-refractivity contribution in [3.8, 4) is 11.3 Å². The SMILES string of the molecule is CCN(CC)CCCNCc1ccc(-c2ccc(Br)cc2C)o1.Cl.Cl. The van der Waals surface area contributed by atoms with Gasteiger partial charge in [0.05, 0.1) is 6.54 Å². The third-order valence-corrected chi connectivity index (χ3v) is 4.63. The van der Waals surface area contributed by atoms with Crippen LogP contribution < -0.4 is 5.32 Å². The molecule has 0 unspecified atom stereocenters. The molecular weight excluding hydrogens is 423 g/mol. The maximum Gasteiger partial charge on any atom is 0.134 e. The number of hydrogen-bond acceptors (Lipinski definition) is 3. The van der Waals surface area contributed by atoms with Crippen LogP contribution in [0.15, 0.2) is 39.2 Å². The van der Waals surface area contributed by atoms with Crippen LogP contribution in [0.1, 0.15) is 31.6 Å². The van der Waals surface area contributed by atoms with Gasteiger partial charge < -0.3 is 14.6 Å². The molecule has 0 saturated heterocycles. The third kappa shape index (κ3) is 7.71. The first-order valence-electron chi connectivity index (χ1n) is 8.42. The summed E-state index contributed by atoms with van der Waals surface area (Å²) < 4.78 is 7.07. The lowest BCUT2D eigenvalue weighted by atomic mass is 10.1. The number of rotatable bonds is 9. The highest BCUT2D eigenvalue weighted by atomic mass is 79.9. The molecule has 2 aromatic rings. The molecule has 0 aliphatic heterocycles. The molecule has 0 amide bonds. The normalized spacial score (nSPS) is 10.4. The van der Waals surface area contributed by atoms with E-state index in [0.29, 0.717) is 0 Å². The van der Waals surface area contributed by atoms with E-state index in [9.17, 15) is 0 Å². The van der Waals surface area contributed by atoms with Gasteiger partial charge in [-0.1, -0.05) is 29.8 Å². The summed E-state index contributed by atoms with van der Waals surface area (Å²) in [6, 6.07) is 10.4. The Hall–Kier alpha value is -0.520.